The molecule has 1 aliphatic heterocycles. The molecule has 0 amide bonds. The number of aromatic nitrogens is 3. The minimum atomic E-state index is 0. The van der Waals surface area contributed by atoms with E-state index in [-0.39, 0.29) is 24.0 Å². The Labute approximate surface area is 136 Å². The average molecular weight is 388 g/mol. The molecule has 110 valence electrons. The second kappa shape index (κ2) is 8.09. The zero-order valence-corrected chi connectivity index (χ0v) is 14.2. The van der Waals surface area contributed by atoms with Crippen LogP contribution in [0.5, 0.6) is 0 Å². The summed E-state index contributed by atoms with van der Waals surface area (Å²) in [5.41, 5.74) is 0. The monoisotopic (exact) mass is 388 g/mol. The summed E-state index contributed by atoms with van der Waals surface area (Å²) in [6.07, 6.45) is 7.33. The summed E-state index contributed by atoms with van der Waals surface area (Å²) in [5, 5.41) is 14.7. The van der Waals surface area contributed by atoms with Crippen molar-refractivity contribution in [2.75, 3.05) is 20.1 Å². The zero-order valence-electron chi connectivity index (χ0n) is 11.9. The third-order valence-corrected chi connectivity index (χ3v) is 3.37. The molecule has 20 heavy (non-hydrogen) atoms. The lowest BCUT2D eigenvalue weighted by Crippen LogP contribution is -2.41. The van der Waals surface area contributed by atoms with Crippen molar-refractivity contribution in [1.29, 1.82) is 0 Å². The minimum Gasteiger partial charge on any atom is -0.356 e. The number of nitrogens with one attached hydrogen (secondary N) is 2. The second-order valence-electron chi connectivity index (χ2n) is 4.69. The van der Waals surface area contributed by atoms with Gasteiger partial charge in [0.05, 0.1) is 6.54 Å². The summed E-state index contributed by atoms with van der Waals surface area (Å²) in [5.74, 6) is 5.95. The number of halogens is 1. The van der Waals surface area contributed by atoms with E-state index in [1.165, 1.54) is 0 Å². The molecule has 1 aromatic rings. The van der Waals surface area contributed by atoms with E-state index >= 15 is 0 Å². The summed E-state index contributed by atoms with van der Waals surface area (Å²) in [6, 6.07) is 0. The van der Waals surface area contributed by atoms with Crippen molar-refractivity contribution in [2.24, 2.45) is 10.9 Å². The normalized spacial score (nSPS) is 17.6. The van der Waals surface area contributed by atoms with Gasteiger partial charge in [0.2, 0.25) is 0 Å². The van der Waals surface area contributed by atoms with Crippen LogP contribution in [0.4, 0.5) is 0 Å². The quantitative estimate of drug-likeness (QED) is 0.344. The summed E-state index contributed by atoms with van der Waals surface area (Å²) in [6.45, 7) is 4.33. The standard InChI is InChI=1S/C13H20N6.HI/c1-4-7-15-13(14-3)16-8-11-5-6-12-18-17-10(2)19(12)9-11;/h1,11H,5-9H2,2-3H3,(H2,14,15,16);1H. The molecule has 6 nitrogen and oxygen atoms in total. The molecule has 0 saturated heterocycles. The molecule has 2 rings (SSSR count). The lowest BCUT2D eigenvalue weighted by Gasteiger charge is -2.24. The van der Waals surface area contributed by atoms with Crippen molar-refractivity contribution in [3.05, 3.63) is 11.6 Å². The first-order valence-corrected chi connectivity index (χ1v) is 6.51. The first-order valence-electron chi connectivity index (χ1n) is 6.51. The van der Waals surface area contributed by atoms with Crippen molar-refractivity contribution in [3.8, 4) is 12.3 Å². The maximum absolute atomic E-state index is 5.22. The largest absolute Gasteiger partial charge is 0.356 e. The fourth-order valence-corrected chi connectivity index (χ4v) is 2.29. The van der Waals surface area contributed by atoms with Gasteiger partial charge in [0.1, 0.15) is 11.6 Å². The second-order valence-corrected chi connectivity index (χ2v) is 4.69. The summed E-state index contributed by atoms with van der Waals surface area (Å²) >= 11 is 0. The maximum atomic E-state index is 5.22. The van der Waals surface area contributed by atoms with Crippen molar-refractivity contribution < 1.29 is 0 Å². The molecular weight excluding hydrogens is 367 g/mol. The first kappa shape index (κ1) is 16.8. The number of hydrogen-bond acceptors (Lipinski definition) is 3. The molecule has 2 N–H and O–H groups in total. The Balaban J connectivity index is 0.00000200. The number of fused-ring (bicyclic) bond motifs is 1. The summed E-state index contributed by atoms with van der Waals surface area (Å²) < 4.78 is 2.20. The number of terminal acetylenes is 1. The third kappa shape index (κ3) is 4.10. The van der Waals surface area contributed by atoms with E-state index in [4.69, 9.17) is 6.42 Å². The molecule has 0 aliphatic carbocycles. The topological polar surface area (TPSA) is 67.1 Å². The molecule has 0 saturated carbocycles. The average Bonchev–Trinajstić information content (AvgIpc) is 2.80. The molecule has 1 unspecified atom stereocenters. The number of hydrogen-bond donors (Lipinski definition) is 2. The van der Waals surface area contributed by atoms with Crippen LogP contribution in [0, 0.1) is 25.2 Å². The first-order chi connectivity index (χ1) is 9.24. The number of nitrogens with zero attached hydrogens (tertiary/aromatic N) is 4. The van der Waals surface area contributed by atoms with Crippen LogP contribution in [-0.4, -0.2) is 40.9 Å². The van der Waals surface area contributed by atoms with Gasteiger partial charge in [0, 0.05) is 26.6 Å². The van der Waals surface area contributed by atoms with Crippen LogP contribution in [0.1, 0.15) is 18.1 Å². The number of aliphatic imine (C=N–C) groups is 1. The van der Waals surface area contributed by atoms with Gasteiger partial charge in [0.25, 0.3) is 0 Å². The Bertz CT molecular complexity index is 501. The molecule has 7 heteroatoms. The van der Waals surface area contributed by atoms with E-state index in [1.54, 1.807) is 7.05 Å². The van der Waals surface area contributed by atoms with E-state index in [0.29, 0.717) is 12.5 Å². The lowest BCUT2D eigenvalue weighted by molar-refractivity contribution is 0.358. The van der Waals surface area contributed by atoms with Gasteiger partial charge in [0.15, 0.2) is 5.96 Å². The predicted molar refractivity (Wildman–Crippen MR) is 90.2 cm³/mol. The van der Waals surface area contributed by atoms with Crippen LogP contribution >= 0.6 is 24.0 Å². The van der Waals surface area contributed by atoms with E-state index in [9.17, 15) is 0 Å². The Hall–Kier alpha value is -1.30. The molecule has 1 aliphatic rings. The van der Waals surface area contributed by atoms with Gasteiger partial charge in [-0.25, -0.2) is 0 Å². The van der Waals surface area contributed by atoms with Crippen LogP contribution in [0.15, 0.2) is 4.99 Å². The molecule has 0 aromatic carbocycles. The van der Waals surface area contributed by atoms with Crippen LogP contribution in [-0.2, 0) is 13.0 Å². The molecule has 0 fully saturated rings. The fraction of sp³-hybridized carbons (Fsp3) is 0.615. The van der Waals surface area contributed by atoms with Crippen molar-refractivity contribution >= 4 is 29.9 Å². The molecule has 0 bridgehead atoms. The summed E-state index contributed by atoms with van der Waals surface area (Å²) in [4.78, 5) is 4.13. The van der Waals surface area contributed by atoms with Crippen molar-refractivity contribution in [3.63, 3.8) is 0 Å². The number of guanidine groups is 1. The Morgan fingerprint density at radius 2 is 2.30 bits per heavy atom. The van der Waals surface area contributed by atoms with E-state index in [1.807, 2.05) is 6.92 Å². The zero-order chi connectivity index (χ0) is 13.7. The van der Waals surface area contributed by atoms with Gasteiger partial charge in [-0.3, -0.25) is 4.99 Å². The van der Waals surface area contributed by atoms with Gasteiger partial charge in [-0.15, -0.1) is 40.6 Å². The van der Waals surface area contributed by atoms with Crippen molar-refractivity contribution in [2.45, 2.75) is 26.3 Å². The van der Waals surface area contributed by atoms with E-state index in [0.717, 1.165) is 43.5 Å². The highest BCUT2D eigenvalue weighted by Crippen LogP contribution is 2.18. The van der Waals surface area contributed by atoms with E-state index in [2.05, 4.69) is 36.3 Å². The predicted octanol–water partition coefficient (Wildman–Crippen LogP) is 0.565. The highest BCUT2D eigenvalue weighted by atomic mass is 127. The smallest absolute Gasteiger partial charge is 0.191 e. The highest BCUT2D eigenvalue weighted by Gasteiger charge is 2.21. The van der Waals surface area contributed by atoms with Gasteiger partial charge in [-0.05, 0) is 19.3 Å². The lowest BCUT2D eigenvalue weighted by atomic mass is 9.99. The van der Waals surface area contributed by atoms with Gasteiger partial charge < -0.3 is 15.2 Å². The minimum absolute atomic E-state index is 0. The molecule has 0 spiro atoms. The van der Waals surface area contributed by atoms with Gasteiger partial charge in [-0.2, -0.15) is 0 Å². The number of aryl methyl sites for hydroxylation is 2. The maximum Gasteiger partial charge on any atom is 0.191 e. The van der Waals surface area contributed by atoms with Gasteiger partial charge in [-0.1, -0.05) is 5.92 Å². The third-order valence-electron chi connectivity index (χ3n) is 3.37. The van der Waals surface area contributed by atoms with Crippen LogP contribution in [0.3, 0.4) is 0 Å². The molecular formula is C13H21IN6. The van der Waals surface area contributed by atoms with Crippen LogP contribution in [0.2, 0.25) is 0 Å². The Kier molecular flexibility index (Phi) is 6.78. The van der Waals surface area contributed by atoms with Gasteiger partial charge >= 0.3 is 0 Å². The van der Waals surface area contributed by atoms with Crippen molar-refractivity contribution in [1.82, 2.24) is 25.4 Å². The number of rotatable bonds is 3. The van der Waals surface area contributed by atoms with E-state index < -0.39 is 0 Å². The molecule has 1 atom stereocenters. The fourth-order valence-electron chi connectivity index (χ4n) is 2.29. The SMILES string of the molecule is C#CCNC(=NC)NCC1CCc2nnc(C)n2C1.I. The molecule has 2 heterocycles. The Morgan fingerprint density at radius 1 is 1.50 bits per heavy atom. The molecule has 1 aromatic heterocycles. The van der Waals surface area contributed by atoms with Crippen LogP contribution < -0.4 is 10.6 Å². The Morgan fingerprint density at radius 3 is 3.00 bits per heavy atom. The highest BCUT2D eigenvalue weighted by molar-refractivity contribution is 14.0. The summed E-state index contributed by atoms with van der Waals surface area (Å²) in [7, 11) is 1.74. The van der Waals surface area contributed by atoms with Crippen LogP contribution in [0.25, 0.3) is 0 Å². The molecule has 0 radical (unpaired) electrons.